The summed E-state index contributed by atoms with van der Waals surface area (Å²) in [5.41, 5.74) is 0. The third-order valence-corrected chi connectivity index (χ3v) is 2.26. The van der Waals surface area contributed by atoms with Crippen molar-refractivity contribution in [2.24, 2.45) is 11.8 Å². The van der Waals surface area contributed by atoms with Crippen LogP contribution in [0.4, 0.5) is 0 Å². The van der Waals surface area contributed by atoms with Crippen LogP contribution in [-0.4, -0.2) is 24.8 Å². The lowest BCUT2D eigenvalue weighted by Gasteiger charge is -2.23. The Balaban J connectivity index is 2.62. The van der Waals surface area contributed by atoms with E-state index in [1.165, 1.54) is 7.11 Å². The van der Waals surface area contributed by atoms with E-state index < -0.39 is 0 Å². The average Bonchev–Trinajstić information content (AvgIpc) is 2.16. The fraction of sp³-hybridized carbons (Fsp3) is 0.667. The lowest BCUT2D eigenvalue weighted by atomic mass is 9.84. The number of hydrogen-bond donors (Lipinski definition) is 1. The second-order valence-electron chi connectivity index (χ2n) is 2.98. The predicted molar refractivity (Wildman–Crippen MR) is 44.5 cm³/mol. The molecule has 0 fully saturated rings. The second kappa shape index (κ2) is 4.26. The van der Waals surface area contributed by atoms with Gasteiger partial charge in [-0.25, -0.2) is 0 Å². The molecule has 0 aliphatic heterocycles. The number of ether oxygens (including phenoxy) is 1. The summed E-state index contributed by atoms with van der Waals surface area (Å²) in [5.74, 6) is -0.408. The molecular formula is C9H14O3. The molecule has 1 N–H and O–H groups in total. The van der Waals surface area contributed by atoms with Crippen molar-refractivity contribution in [2.75, 3.05) is 13.7 Å². The molecule has 3 nitrogen and oxygen atoms in total. The number of carbonyl (C=O) groups is 1. The highest BCUT2D eigenvalue weighted by atomic mass is 16.5. The number of methoxy groups -OCH3 is 1. The van der Waals surface area contributed by atoms with Crippen molar-refractivity contribution in [1.82, 2.24) is 0 Å². The van der Waals surface area contributed by atoms with Crippen LogP contribution in [0.15, 0.2) is 12.2 Å². The Hall–Kier alpha value is -0.830. The van der Waals surface area contributed by atoms with Gasteiger partial charge in [0.05, 0.1) is 19.6 Å². The van der Waals surface area contributed by atoms with E-state index in [4.69, 9.17) is 5.11 Å². The van der Waals surface area contributed by atoms with Gasteiger partial charge in [0.2, 0.25) is 0 Å². The van der Waals surface area contributed by atoms with Gasteiger partial charge in [-0.3, -0.25) is 4.79 Å². The Bertz CT molecular complexity index is 186. The molecule has 2 unspecified atom stereocenters. The van der Waals surface area contributed by atoms with Crippen LogP contribution in [0.5, 0.6) is 0 Å². The van der Waals surface area contributed by atoms with Crippen LogP contribution in [0.2, 0.25) is 0 Å². The zero-order valence-corrected chi connectivity index (χ0v) is 7.19. The number of esters is 1. The van der Waals surface area contributed by atoms with Gasteiger partial charge in [0.25, 0.3) is 0 Å². The first-order chi connectivity index (χ1) is 5.79. The van der Waals surface area contributed by atoms with Gasteiger partial charge in [0.15, 0.2) is 0 Å². The lowest BCUT2D eigenvalue weighted by molar-refractivity contribution is -0.147. The predicted octanol–water partition coefficient (Wildman–Crippen LogP) is 0.734. The molecule has 0 aromatic carbocycles. The number of carbonyl (C=O) groups excluding carboxylic acids is 1. The molecule has 68 valence electrons. The van der Waals surface area contributed by atoms with Gasteiger partial charge < -0.3 is 9.84 Å². The average molecular weight is 170 g/mol. The first-order valence-corrected chi connectivity index (χ1v) is 4.15. The summed E-state index contributed by atoms with van der Waals surface area (Å²) in [5, 5.41) is 8.95. The number of aliphatic hydroxyl groups excluding tert-OH is 1. The van der Waals surface area contributed by atoms with Gasteiger partial charge in [-0.15, -0.1) is 0 Å². The number of rotatable bonds is 2. The van der Waals surface area contributed by atoms with Gasteiger partial charge in [-0.2, -0.15) is 0 Å². The summed E-state index contributed by atoms with van der Waals surface area (Å²) in [6.45, 7) is 0.0241. The molecule has 2 atom stereocenters. The fourth-order valence-electron chi connectivity index (χ4n) is 1.53. The lowest BCUT2D eigenvalue weighted by Crippen LogP contribution is -2.27. The van der Waals surface area contributed by atoms with E-state index in [2.05, 4.69) is 4.74 Å². The Morgan fingerprint density at radius 1 is 1.75 bits per heavy atom. The summed E-state index contributed by atoms with van der Waals surface area (Å²) < 4.78 is 4.64. The molecule has 0 radical (unpaired) electrons. The molecule has 0 saturated heterocycles. The van der Waals surface area contributed by atoms with E-state index in [1.54, 1.807) is 0 Å². The molecule has 1 aliphatic rings. The Morgan fingerprint density at radius 2 is 2.50 bits per heavy atom. The van der Waals surface area contributed by atoms with Crippen LogP contribution in [-0.2, 0) is 9.53 Å². The van der Waals surface area contributed by atoms with Gasteiger partial charge in [-0.05, 0) is 12.8 Å². The van der Waals surface area contributed by atoms with Crippen molar-refractivity contribution in [2.45, 2.75) is 12.8 Å². The minimum absolute atomic E-state index is 0.0241. The molecule has 0 saturated carbocycles. The summed E-state index contributed by atoms with van der Waals surface area (Å²) >= 11 is 0. The molecule has 3 heteroatoms. The van der Waals surface area contributed by atoms with E-state index >= 15 is 0 Å². The maximum absolute atomic E-state index is 11.2. The zero-order valence-electron chi connectivity index (χ0n) is 7.19. The van der Waals surface area contributed by atoms with E-state index in [0.29, 0.717) is 0 Å². The third-order valence-electron chi connectivity index (χ3n) is 2.26. The van der Waals surface area contributed by atoms with Crippen molar-refractivity contribution >= 4 is 5.97 Å². The van der Waals surface area contributed by atoms with Gasteiger partial charge >= 0.3 is 5.97 Å². The first-order valence-electron chi connectivity index (χ1n) is 4.15. The SMILES string of the molecule is COC(=O)C1CCC=CC1CO. The first kappa shape index (κ1) is 9.26. The summed E-state index contributed by atoms with van der Waals surface area (Å²) in [6, 6.07) is 0. The second-order valence-corrected chi connectivity index (χ2v) is 2.98. The summed E-state index contributed by atoms with van der Waals surface area (Å²) in [6.07, 6.45) is 5.58. The highest BCUT2D eigenvalue weighted by Crippen LogP contribution is 2.25. The Labute approximate surface area is 72.0 Å². The van der Waals surface area contributed by atoms with Crippen molar-refractivity contribution in [3.05, 3.63) is 12.2 Å². The molecule has 1 rings (SSSR count). The van der Waals surface area contributed by atoms with Crippen LogP contribution >= 0.6 is 0 Å². The van der Waals surface area contributed by atoms with Crippen LogP contribution in [0.1, 0.15) is 12.8 Å². The van der Waals surface area contributed by atoms with Crippen molar-refractivity contribution in [3.63, 3.8) is 0 Å². The normalized spacial score (nSPS) is 28.5. The van der Waals surface area contributed by atoms with Crippen molar-refractivity contribution in [1.29, 1.82) is 0 Å². The number of aliphatic hydroxyl groups is 1. The molecular weight excluding hydrogens is 156 g/mol. The van der Waals surface area contributed by atoms with Crippen molar-refractivity contribution < 1.29 is 14.6 Å². The standard InChI is InChI=1S/C9H14O3/c1-12-9(11)8-5-3-2-4-7(8)6-10/h2,4,7-8,10H,3,5-6H2,1H3. The molecule has 0 bridgehead atoms. The van der Waals surface area contributed by atoms with Gasteiger partial charge in [0.1, 0.15) is 0 Å². The summed E-state index contributed by atoms with van der Waals surface area (Å²) in [7, 11) is 1.38. The quantitative estimate of drug-likeness (QED) is 0.491. The minimum Gasteiger partial charge on any atom is -0.469 e. The van der Waals surface area contributed by atoms with Crippen LogP contribution < -0.4 is 0 Å². The van der Waals surface area contributed by atoms with E-state index in [-0.39, 0.29) is 24.4 Å². The van der Waals surface area contributed by atoms with Gasteiger partial charge in [0, 0.05) is 5.92 Å². The molecule has 1 aliphatic carbocycles. The highest BCUT2D eigenvalue weighted by Gasteiger charge is 2.28. The molecule has 12 heavy (non-hydrogen) atoms. The molecule has 0 spiro atoms. The van der Waals surface area contributed by atoms with Crippen molar-refractivity contribution in [3.8, 4) is 0 Å². The van der Waals surface area contributed by atoms with E-state index in [0.717, 1.165) is 12.8 Å². The monoisotopic (exact) mass is 170 g/mol. The molecule has 0 heterocycles. The smallest absolute Gasteiger partial charge is 0.309 e. The summed E-state index contributed by atoms with van der Waals surface area (Å²) in [4.78, 5) is 11.2. The Kier molecular flexibility index (Phi) is 3.29. The molecule has 0 aromatic heterocycles. The fourth-order valence-corrected chi connectivity index (χ4v) is 1.53. The topological polar surface area (TPSA) is 46.5 Å². The largest absolute Gasteiger partial charge is 0.469 e. The maximum atomic E-state index is 11.2. The van der Waals surface area contributed by atoms with E-state index in [9.17, 15) is 4.79 Å². The highest BCUT2D eigenvalue weighted by molar-refractivity contribution is 5.73. The zero-order chi connectivity index (χ0) is 8.97. The minimum atomic E-state index is -0.210. The van der Waals surface area contributed by atoms with Gasteiger partial charge in [-0.1, -0.05) is 12.2 Å². The third kappa shape index (κ3) is 1.85. The number of hydrogen-bond acceptors (Lipinski definition) is 3. The molecule has 0 aromatic rings. The van der Waals surface area contributed by atoms with Crippen LogP contribution in [0.3, 0.4) is 0 Å². The number of allylic oxidation sites excluding steroid dienone is 1. The van der Waals surface area contributed by atoms with Crippen LogP contribution in [0.25, 0.3) is 0 Å². The molecule has 0 amide bonds. The van der Waals surface area contributed by atoms with Crippen LogP contribution in [0, 0.1) is 11.8 Å². The Morgan fingerprint density at radius 3 is 3.08 bits per heavy atom. The maximum Gasteiger partial charge on any atom is 0.309 e. The van der Waals surface area contributed by atoms with E-state index in [1.807, 2.05) is 12.2 Å².